The Morgan fingerprint density at radius 1 is 1.21 bits per heavy atom. The van der Waals surface area contributed by atoms with Crippen LogP contribution in [0.3, 0.4) is 0 Å². The van der Waals surface area contributed by atoms with Crippen molar-refractivity contribution < 1.29 is 9.59 Å². The summed E-state index contributed by atoms with van der Waals surface area (Å²) < 4.78 is 1.80. The van der Waals surface area contributed by atoms with Gasteiger partial charge in [-0.3, -0.25) is 14.6 Å². The van der Waals surface area contributed by atoms with Crippen molar-refractivity contribution in [3.63, 3.8) is 0 Å². The minimum atomic E-state index is -0.323. The predicted octanol–water partition coefficient (Wildman–Crippen LogP) is 2.72. The van der Waals surface area contributed by atoms with Crippen LogP contribution in [0.4, 0.5) is 5.69 Å². The second kappa shape index (κ2) is 9.53. The van der Waals surface area contributed by atoms with Gasteiger partial charge >= 0.3 is 0 Å². The fraction of sp³-hybridized carbons (Fsp3) is 0.211. The van der Waals surface area contributed by atoms with E-state index in [1.807, 2.05) is 19.2 Å². The van der Waals surface area contributed by atoms with E-state index in [1.54, 1.807) is 48.3 Å². The quantitative estimate of drug-likeness (QED) is 0.579. The number of benzene rings is 1. The summed E-state index contributed by atoms with van der Waals surface area (Å²) in [7, 11) is 3.41. The van der Waals surface area contributed by atoms with Crippen molar-refractivity contribution in [1.29, 1.82) is 0 Å². The molecule has 0 saturated carbocycles. The van der Waals surface area contributed by atoms with Crippen molar-refractivity contribution in [3.05, 3.63) is 53.8 Å². The molecule has 0 aliphatic rings. The minimum absolute atomic E-state index is 0.0790. The molecular formula is C19H19ClN6O2S. The molecule has 2 heterocycles. The van der Waals surface area contributed by atoms with Crippen LogP contribution in [0.15, 0.2) is 53.9 Å². The summed E-state index contributed by atoms with van der Waals surface area (Å²) >= 11 is 7.29. The number of pyridine rings is 1. The van der Waals surface area contributed by atoms with Crippen LogP contribution >= 0.6 is 23.4 Å². The average Bonchev–Trinajstić information content (AvgIpc) is 3.09. The van der Waals surface area contributed by atoms with Gasteiger partial charge in [0.25, 0.3) is 0 Å². The van der Waals surface area contributed by atoms with Gasteiger partial charge in [-0.05, 0) is 24.3 Å². The van der Waals surface area contributed by atoms with Crippen LogP contribution in [0.2, 0.25) is 5.02 Å². The molecular weight excluding hydrogens is 412 g/mol. The SMILES string of the molecule is CN(CC(=O)Nc1ccccc1Cl)C(=O)CSc1nnc(-c2cccnc2)n1C. The fourth-order valence-corrected chi connectivity index (χ4v) is 3.51. The zero-order chi connectivity index (χ0) is 20.8. The molecule has 1 aromatic carbocycles. The third kappa shape index (κ3) is 5.33. The molecule has 0 saturated heterocycles. The maximum Gasteiger partial charge on any atom is 0.244 e. The Morgan fingerprint density at radius 3 is 2.72 bits per heavy atom. The van der Waals surface area contributed by atoms with E-state index in [9.17, 15) is 9.59 Å². The molecule has 2 amide bonds. The van der Waals surface area contributed by atoms with Gasteiger partial charge in [-0.25, -0.2) is 0 Å². The van der Waals surface area contributed by atoms with Crippen LogP contribution < -0.4 is 5.32 Å². The molecule has 0 aliphatic carbocycles. The number of anilines is 1. The van der Waals surface area contributed by atoms with Crippen molar-refractivity contribution >= 4 is 40.9 Å². The number of thioether (sulfide) groups is 1. The molecule has 150 valence electrons. The third-order valence-corrected chi connectivity index (χ3v) is 5.37. The minimum Gasteiger partial charge on any atom is -0.336 e. The van der Waals surface area contributed by atoms with Crippen LogP contribution in [-0.2, 0) is 16.6 Å². The van der Waals surface area contributed by atoms with E-state index >= 15 is 0 Å². The second-order valence-electron chi connectivity index (χ2n) is 6.17. The number of nitrogens with zero attached hydrogens (tertiary/aromatic N) is 5. The molecule has 0 spiro atoms. The Bertz CT molecular complexity index is 1010. The van der Waals surface area contributed by atoms with Crippen LogP contribution in [-0.4, -0.2) is 55.8 Å². The van der Waals surface area contributed by atoms with E-state index in [2.05, 4.69) is 20.5 Å². The normalized spacial score (nSPS) is 10.6. The summed E-state index contributed by atoms with van der Waals surface area (Å²) in [6.45, 7) is -0.0790. The molecule has 29 heavy (non-hydrogen) atoms. The number of nitrogens with one attached hydrogen (secondary N) is 1. The molecule has 3 rings (SSSR count). The van der Waals surface area contributed by atoms with E-state index in [0.29, 0.717) is 21.7 Å². The summed E-state index contributed by atoms with van der Waals surface area (Å²) in [5.74, 6) is 0.279. The highest BCUT2D eigenvalue weighted by Crippen LogP contribution is 2.22. The first-order chi connectivity index (χ1) is 14.0. The lowest BCUT2D eigenvalue weighted by molar-refractivity contribution is -0.131. The molecule has 0 atom stereocenters. The Kier molecular flexibility index (Phi) is 6.84. The van der Waals surface area contributed by atoms with E-state index in [1.165, 1.54) is 16.7 Å². The predicted molar refractivity (Wildman–Crippen MR) is 113 cm³/mol. The number of carbonyl (C=O) groups is 2. The number of carbonyl (C=O) groups excluding carboxylic acids is 2. The highest BCUT2D eigenvalue weighted by molar-refractivity contribution is 7.99. The lowest BCUT2D eigenvalue weighted by atomic mass is 10.3. The number of hydrogen-bond donors (Lipinski definition) is 1. The molecule has 3 aromatic rings. The highest BCUT2D eigenvalue weighted by Gasteiger charge is 2.17. The molecule has 0 fully saturated rings. The molecule has 0 radical (unpaired) electrons. The molecule has 8 nitrogen and oxygen atoms in total. The molecule has 0 unspecified atom stereocenters. The van der Waals surface area contributed by atoms with Gasteiger partial charge in [-0.1, -0.05) is 35.5 Å². The van der Waals surface area contributed by atoms with E-state index < -0.39 is 0 Å². The average molecular weight is 431 g/mol. The zero-order valence-corrected chi connectivity index (χ0v) is 17.4. The Hall–Kier alpha value is -2.91. The van der Waals surface area contributed by atoms with Crippen molar-refractivity contribution in [2.24, 2.45) is 7.05 Å². The number of likely N-dealkylation sites (N-methyl/N-ethyl adjacent to an activating group) is 1. The number of hydrogen-bond acceptors (Lipinski definition) is 6. The van der Waals surface area contributed by atoms with Gasteiger partial charge in [0.2, 0.25) is 11.8 Å². The van der Waals surface area contributed by atoms with Crippen molar-refractivity contribution in [1.82, 2.24) is 24.6 Å². The maximum atomic E-state index is 12.4. The van der Waals surface area contributed by atoms with E-state index in [-0.39, 0.29) is 24.1 Å². The molecule has 0 aliphatic heterocycles. The number of para-hydroxylation sites is 1. The maximum absolute atomic E-state index is 12.4. The monoisotopic (exact) mass is 430 g/mol. The van der Waals surface area contributed by atoms with Crippen LogP contribution in [0, 0.1) is 0 Å². The van der Waals surface area contributed by atoms with E-state index in [0.717, 1.165) is 5.56 Å². The zero-order valence-electron chi connectivity index (χ0n) is 15.9. The van der Waals surface area contributed by atoms with E-state index in [4.69, 9.17) is 11.6 Å². The largest absolute Gasteiger partial charge is 0.336 e. The van der Waals surface area contributed by atoms with Gasteiger partial charge in [0, 0.05) is 32.1 Å². The summed E-state index contributed by atoms with van der Waals surface area (Å²) in [4.78, 5) is 30.0. The lowest BCUT2D eigenvalue weighted by Gasteiger charge is -2.16. The van der Waals surface area contributed by atoms with Crippen molar-refractivity contribution in [3.8, 4) is 11.4 Å². The first kappa shape index (κ1) is 20.8. The smallest absolute Gasteiger partial charge is 0.244 e. The van der Waals surface area contributed by atoms with Crippen molar-refractivity contribution in [2.45, 2.75) is 5.16 Å². The van der Waals surface area contributed by atoms with Crippen LogP contribution in [0.25, 0.3) is 11.4 Å². The van der Waals surface area contributed by atoms with Gasteiger partial charge in [-0.15, -0.1) is 10.2 Å². The summed E-state index contributed by atoms with van der Waals surface area (Å²) in [6, 6.07) is 10.6. The first-order valence-electron chi connectivity index (χ1n) is 8.66. The molecule has 2 aromatic heterocycles. The number of halogens is 1. The lowest BCUT2D eigenvalue weighted by Crippen LogP contribution is -2.36. The fourth-order valence-electron chi connectivity index (χ4n) is 2.48. The van der Waals surface area contributed by atoms with Gasteiger partial charge < -0.3 is 14.8 Å². The molecule has 1 N–H and O–H groups in total. The first-order valence-corrected chi connectivity index (χ1v) is 10.0. The number of aromatic nitrogens is 4. The summed E-state index contributed by atoms with van der Waals surface area (Å²) in [5, 5.41) is 12.0. The third-order valence-electron chi connectivity index (χ3n) is 4.03. The Morgan fingerprint density at radius 2 is 2.00 bits per heavy atom. The van der Waals surface area contributed by atoms with Crippen molar-refractivity contribution in [2.75, 3.05) is 24.7 Å². The Labute approximate surface area is 177 Å². The topological polar surface area (TPSA) is 93.0 Å². The standard InChI is InChI=1S/C19H19ClN6O2S/c1-25(11-16(27)22-15-8-4-3-7-14(15)20)17(28)12-29-19-24-23-18(26(19)2)13-6-5-9-21-10-13/h3-10H,11-12H2,1-2H3,(H,22,27). The molecule has 0 bridgehead atoms. The van der Waals surface area contributed by atoms with Gasteiger partial charge in [-0.2, -0.15) is 0 Å². The molecule has 10 heteroatoms. The number of rotatable bonds is 7. The van der Waals surface area contributed by atoms with Gasteiger partial charge in [0.15, 0.2) is 11.0 Å². The summed E-state index contributed by atoms with van der Waals surface area (Å²) in [5.41, 5.74) is 1.35. The van der Waals surface area contributed by atoms with Crippen LogP contribution in [0.1, 0.15) is 0 Å². The summed E-state index contributed by atoms with van der Waals surface area (Å²) in [6.07, 6.45) is 3.39. The Balaban J connectivity index is 1.53. The van der Waals surface area contributed by atoms with Gasteiger partial charge in [0.1, 0.15) is 0 Å². The van der Waals surface area contributed by atoms with Crippen LogP contribution in [0.5, 0.6) is 0 Å². The van der Waals surface area contributed by atoms with Gasteiger partial charge in [0.05, 0.1) is 23.0 Å². The highest BCUT2D eigenvalue weighted by atomic mass is 35.5. The second-order valence-corrected chi connectivity index (χ2v) is 7.52. The number of amides is 2.